The fraction of sp³-hybridized carbons (Fsp3) is 0.875. The van der Waals surface area contributed by atoms with Crippen LogP contribution in [0, 0.1) is 0 Å². The molecule has 11 heavy (non-hydrogen) atoms. The van der Waals surface area contributed by atoms with E-state index in [-0.39, 0.29) is 5.91 Å². The number of amides is 1. The predicted octanol–water partition coefficient (Wildman–Crippen LogP) is 0.100. The first-order valence-electron chi connectivity index (χ1n) is 4.53. The summed E-state index contributed by atoms with van der Waals surface area (Å²) >= 11 is 0. The Morgan fingerprint density at radius 1 is 1.55 bits per heavy atom. The average molecular weight is 171 g/mol. The van der Waals surface area contributed by atoms with Crippen molar-refractivity contribution in [1.29, 1.82) is 0 Å². The summed E-state index contributed by atoms with van der Waals surface area (Å²) in [5.41, 5.74) is 0. The van der Waals surface area contributed by atoms with Crippen molar-refractivity contribution < 1.29 is 4.79 Å². The molecule has 64 valence electrons. The third kappa shape index (κ3) is 2.06. The Bertz CT molecular complexity index is 143. The lowest BCUT2D eigenvalue weighted by molar-refractivity contribution is -0.129. The molecule has 1 aliphatic carbocycles. The van der Waals surface area contributed by atoms with Gasteiger partial charge in [-0.25, -0.2) is 0 Å². The minimum atomic E-state index is 0.270. The van der Waals surface area contributed by atoms with E-state index in [2.05, 4.69) is 4.90 Å². The van der Waals surface area contributed by atoms with Crippen LogP contribution in [0.5, 0.6) is 0 Å². The summed E-state index contributed by atoms with van der Waals surface area (Å²) < 4.78 is 0. The number of rotatable bonds is 2. The molecule has 1 aliphatic rings. The Morgan fingerprint density at radius 3 is 2.45 bits per heavy atom. The fourth-order valence-electron chi connectivity index (χ4n) is 1.95. The standard InChI is InChI=1S/C8H17NOSi/c1-7(10)9(6-11)8-4-2-3-5-8/h8H,2-6H2,1,11H3. The first kappa shape index (κ1) is 8.78. The van der Waals surface area contributed by atoms with Gasteiger partial charge in [-0.1, -0.05) is 12.8 Å². The number of nitrogens with zero attached hydrogens (tertiary/aromatic N) is 1. The molecule has 0 aromatic carbocycles. The maximum atomic E-state index is 11.1. The molecule has 1 saturated carbocycles. The molecular weight excluding hydrogens is 154 g/mol. The van der Waals surface area contributed by atoms with Gasteiger partial charge in [0, 0.05) is 29.4 Å². The highest BCUT2D eigenvalue weighted by Crippen LogP contribution is 2.22. The number of hydrogen-bond acceptors (Lipinski definition) is 1. The van der Waals surface area contributed by atoms with Crippen molar-refractivity contribution in [2.45, 2.75) is 38.6 Å². The molecule has 0 bridgehead atoms. The van der Waals surface area contributed by atoms with Crippen molar-refractivity contribution in [3.63, 3.8) is 0 Å². The van der Waals surface area contributed by atoms with Crippen LogP contribution in [0.2, 0.25) is 0 Å². The Labute approximate surface area is 71.4 Å². The van der Waals surface area contributed by atoms with E-state index >= 15 is 0 Å². The van der Waals surface area contributed by atoms with E-state index in [0.717, 1.165) is 16.4 Å². The van der Waals surface area contributed by atoms with Crippen molar-refractivity contribution in [1.82, 2.24) is 4.90 Å². The van der Waals surface area contributed by atoms with Crippen LogP contribution in [-0.2, 0) is 4.79 Å². The van der Waals surface area contributed by atoms with E-state index in [1.165, 1.54) is 25.7 Å². The molecule has 0 atom stereocenters. The summed E-state index contributed by atoms with van der Waals surface area (Å²) in [5.74, 6) is 0.270. The van der Waals surface area contributed by atoms with Crippen LogP contribution >= 0.6 is 0 Å². The number of carbonyl (C=O) groups is 1. The van der Waals surface area contributed by atoms with E-state index in [4.69, 9.17) is 0 Å². The van der Waals surface area contributed by atoms with Gasteiger partial charge in [-0.05, 0) is 12.8 Å². The first-order valence-corrected chi connectivity index (χ1v) is 5.94. The van der Waals surface area contributed by atoms with Crippen LogP contribution in [0.4, 0.5) is 0 Å². The summed E-state index contributed by atoms with van der Waals surface area (Å²) in [7, 11) is 1.11. The van der Waals surface area contributed by atoms with Crippen LogP contribution in [0.1, 0.15) is 32.6 Å². The highest BCUT2D eigenvalue weighted by molar-refractivity contribution is 6.09. The summed E-state index contributed by atoms with van der Waals surface area (Å²) in [6.07, 6.45) is 6.12. The highest BCUT2D eigenvalue weighted by Gasteiger charge is 2.22. The van der Waals surface area contributed by atoms with E-state index in [1.54, 1.807) is 6.92 Å². The van der Waals surface area contributed by atoms with Gasteiger partial charge in [0.05, 0.1) is 0 Å². The van der Waals surface area contributed by atoms with Gasteiger partial charge in [-0.2, -0.15) is 0 Å². The predicted molar refractivity (Wildman–Crippen MR) is 49.6 cm³/mol. The molecule has 0 radical (unpaired) electrons. The maximum Gasteiger partial charge on any atom is 0.219 e. The molecule has 0 heterocycles. The molecule has 0 aromatic rings. The molecule has 0 N–H and O–H groups in total. The quantitative estimate of drug-likeness (QED) is 0.540. The lowest BCUT2D eigenvalue weighted by Crippen LogP contribution is -2.38. The maximum absolute atomic E-state index is 11.1. The summed E-state index contributed by atoms with van der Waals surface area (Å²) in [5, 5.41) is 0. The average Bonchev–Trinajstić information content (AvgIpc) is 2.40. The molecule has 1 fully saturated rings. The van der Waals surface area contributed by atoms with Gasteiger partial charge < -0.3 is 4.90 Å². The third-order valence-corrected chi connectivity index (χ3v) is 3.19. The zero-order valence-electron chi connectivity index (χ0n) is 7.47. The summed E-state index contributed by atoms with van der Waals surface area (Å²) in [4.78, 5) is 13.2. The minimum Gasteiger partial charge on any atom is -0.344 e. The van der Waals surface area contributed by atoms with E-state index < -0.39 is 0 Å². The molecule has 0 aromatic heterocycles. The van der Waals surface area contributed by atoms with E-state index in [0.29, 0.717) is 6.04 Å². The van der Waals surface area contributed by atoms with Crippen LogP contribution in [-0.4, -0.2) is 33.3 Å². The Hall–Kier alpha value is -0.313. The van der Waals surface area contributed by atoms with Gasteiger partial charge >= 0.3 is 0 Å². The molecule has 1 amide bonds. The minimum absolute atomic E-state index is 0.270. The second kappa shape index (κ2) is 3.90. The molecule has 1 rings (SSSR count). The van der Waals surface area contributed by atoms with Crippen LogP contribution in [0.25, 0.3) is 0 Å². The molecule has 3 heteroatoms. The molecule has 0 spiro atoms. The molecule has 0 unspecified atom stereocenters. The third-order valence-electron chi connectivity index (χ3n) is 2.51. The van der Waals surface area contributed by atoms with E-state index in [9.17, 15) is 4.79 Å². The zero-order valence-corrected chi connectivity index (χ0v) is 9.47. The SMILES string of the molecule is CC(=O)N(C[SiH3])C1CCCC1. The normalized spacial score (nSPS) is 19.0. The molecule has 0 aliphatic heterocycles. The molecule has 0 saturated heterocycles. The second-order valence-electron chi connectivity index (χ2n) is 3.24. The van der Waals surface area contributed by atoms with Crippen molar-refractivity contribution in [2.24, 2.45) is 0 Å². The lowest BCUT2D eigenvalue weighted by Gasteiger charge is -2.26. The van der Waals surface area contributed by atoms with Gasteiger partial charge in [0.25, 0.3) is 0 Å². The van der Waals surface area contributed by atoms with Crippen LogP contribution in [0.15, 0.2) is 0 Å². The van der Waals surface area contributed by atoms with Crippen molar-refractivity contribution in [3.8, 4) is 0 Å². The summed E-state index contributed by atoms with van der Waals surface area (Å²) in [6, 6.07) is 0.588. The van der Waals surface area contributed by atoms with Crippen molar-refractivity contribution in [3.05, 3.63) is 0 Å². The van der Waals surface area contributed by atoms with Crippen LogP contribution in [0.3, 0.4) is 0 Å². The Kier molecular flexibility index (Phi) is 3.11. The second-order valence-corrected chi connectivity index (χ2v) is 3.88. The highest BCUT2D eigenvalue weighted by atomic mass is 28.1. The van der Waals surface area contributed by atoms with Crippen LogP contribution < -0.4 is 0 Å². The monoisotopic (exact) mass is 171 g/mol. The molecular formula is C8H17NOSi. The molecule has 2 nitrogen and oxygen atoms in total. The smallest absolute Gasteiger partial charge is 0.219 e. The van der Waals surface area contributed by atoms with E-state index in [1.807, 2.05) is 0 Å². The zero-order chi connectivity index (χ0) is 8.27. The number of hydrogen-bond donors (Lipinski definition) is 0. The van der Waals surface area contributed by atoms with Gasteiger partial charge in [0.2, 0.25) is 5.91 Å². The van der Waals surface area contributed by atoms with Gasteiger partial charge in [-0.15, -0.1) is 0 Å². The van der Waals surface area contributed by atoms with Gasteiger partial charge in [0.1, 0.15) is 0 Å². The number of carbonyl (C=O) groups excluding carboxylic acids is 1. The Morgan fingerprint density at radius 2 is 2.09 bits per heavy atom. The summed E-state index contributed by atoms with van der Waals surface area (Å²) in [6.45, 7) is 1.69. The van der Waals surface area contributed by atoms with Gasteiger partial charge in [0.15, 0.2) is 0 Å². The lowest BCUT2D eigenvalue weighted by atomic mass is 10.2. The Balaban J connectivity index is 2.46. The van der Waals surface area contributed by atoms with Crippen molar-refractivity contribution in [2.75, 3.05) is 6.17 Å². The largest absolute Gasteiger partial charge is 0.344 e. The van der Waals surface area contributed by atoms with Gasteiger partial charge in [-0.3, -0.25) is 4.79 Å². The first-order chi connectivity index (χ1) is 5.25. The topological polar surface area (TPSA) is 20.3 Å². The van der Waals surface area contributed by atoms with Crippen molar-refractivity contribution >= 4 is 16.1 Å². The fourth-order valence-corrected chi connectivity index (χ4v) is 2.92.